The number of allylic oxidation sites excluding steroid dienone is 2. The fourth-order valence-electron chi connectivity index (χ4n) is 1.34. The van der Waals surface area contributed by atoms with Gasteiger partial charge in [0.2, 0.25) is 0 Å². The smallest absolute Gasteiger partial charge is 0.341 e. The van der Waals surface area contributed by atoms with Crippen molar-refractivity contribution in [3.05, 3.63) is 41.0 Å². The van der Waals surface area contributed by atoms with E-state index >= 15 is 0 Å². The van der Waals surface area contributed by atoms with E-state index in [1.54, 1.807) is 18.2 Å². The molecule has 0 atom stereocenters. The molecule has 1 aromatic carbocycles. The van der Waals surface area contributed by atoms with Gasteiger partial charge in [-0.1, -0.05) is 23.8 Å². The summed E-state index contributed by atoms with van der Waals surface area (Å²) < 4.78 is 4.58. The van der Waals surface area contributed by atoms with Gasteiger partial charge in [-0.15, -0.1) is 0 Å². The van der Waals surface area contributed by atoms with Gasteiger partial charge in [-0.3, -0.25) is 0 Å². The Morgan fingerprint density at radius 2 is 2.12 bits per heavy atom. The van der Waals surface area contributed by atoms with E-state index in [9.17, 15) is 9.90 Å². The summed E-state index contributed by atoms with van der Waals surface area (Å²) in [5.41, 5.74) is 2.11. The van der Waals surface area contributed by atoms with Crippen LogP contribution in [0.15, 0.2) is 29.8 Å². The zero-order valence-corrected chi connectivity index (χ0v) is 9.78. The third-order valence-corrected chi connectivity index (χ3v) is 2.26. The molecule has 0 amide bonds. The number of rotatable bonds is 3. The molecule has 86 valence electrons. The molecule has 0 aliphatic heterocycles. The van der Waals surface area contributed by atoms with Gasteiger partial charge in [0.1, 0.15) is 11.3 Å². The third-order valence-electron chi connectivity index (χ3n) is 2.26. The Kier molecular flexibility index (Phi) is 4.11. The van der Waals surface area contributed by atoms with Crippen molar-refractivity contribution in [2.75, 3.05) is 7.11 Å². The van der Waals surface area contributed by atoms with Crippen molar-refractivity contribution >= 4 is 5.97 Å². The Morgan fingerprint density at radius 3 is 2.69 bits per heavy atom. The number of para-hydroxylation sites is 1. The largest absolute Gasteiger partial charge is 0.507 e. The molecule has 3 nitrogen and oxygen atoms in total. The van der Waals surface area contributed by atoms with E-state index in [1.165, 1.54) is 12.7 Å². The average Bonchev–Trinajstić information content (AvgIpc) is 2.26. The van der Waals surface area contributed by atoms with Crippen LogP contribution in [-0.4, -0.2) is 18.2 Å². The van der Waals surface area contributed by atoms with Gasteiger partial charge in [0.25, 0.3) is 0 Å². The number of aromatic hydroxyl groups is 1. The van der Waals surface area contributed by atoms with Crippen molar-refractivity contribution in [1.82, 2.24) is 0 Å². The van der Waals surface area contributed by atoms with Gasteiger partial charge in [-0.2, -0.15) is 0 Å². The van der Waals surface area contributed by atoms with Crippen molar-refractivity contribution in [2.24, 2.45) is 0 Å². The van der Waals surface area contributed by atoms with Gasteiger partial charge >= 0.3 is 5.97 Å². The normalized spacial score (nSPS) is 9.69. The first-order valence-electron chi connectivity index (χ1n) is 5.08. The number of esters is 1. The Labute approximate surface area is 95.4 Å². The molecule has 0 unspecified atom stereocenters. The number of ether oxygens (including phenoxy) is 1. The topological polar surface area (TPSA) is 46.5 Å². The van der Waals surface area contributed by atoms with Crippen LogP contribution < -0.4 is 0 Å². The number of carbonyl (C=O) groups is 1. The molecule has 0 saturated carbocycles. The molecule has 0 radical (unpaired) electrons. The van der Waals surface area contributed by atoms with Crippen LogP contribution in [0.25, 0.3) is 0 Å². The van der Waals surface area contributed by atoms with Gasteiger partial charge < -0.3 is 9.84 Å². The number of phenols is 1. The maximum absolute atomic E-state index is 11.3. The van der Waals surface area contributed by atoms with Crippen LogP contribution in [0, 0.1) is 0 Å². The second-order valence-electron chi connectivity index (χ2n) is 3.79. The van der Waals surface area contributed by atoms with Gasteiger partial charge in [-0.25, -0.2) is 4.79 Å². The highest BCUT2D eigenvalue weighted by molar-refractivity contribution is 5.92. The van der Waals surface area contributed by atoms with E-state index < -0.39 is 5.97 Å². The summed E-state index contributed by atoms with van der Waals surface area (Å²) in [6, 6.07) is 5.08. The molecular weight excluding hydrogens is 204 g/mol. The number of phenolic OH excluding ortho intramolecular Hbond substituents is 1. The second kappa shape index (κ2) is 5.35. The van der Waals surface area contributed by atoms with E-state index in [1.807, 2.05) is 19.9 Å². The number of methoxy groups -OCH3 is 1. The minimum atomic E-state index is -0.517. The zero-order chi connectivity index (χ0) is 12.1. The maximum atomic E-state index is 11.3. The Morgan fingerprint density at radius 1 is 1.44 bits per heavy atom. The van der Waals surface area contributed by atoms with Crippen molar-refractivity contribution in [3.63, 3.8) is 0 Å². The maximum Gasteiger partial charge on any atom is 0.341 e. The first-order chi connectivity index (χ1) is 7.56. The Balaban J connectivity index is 3.04. The standard InChI is InChI=1S/C13H16O3/c1-9(2)7-8-10-5-4-6-11(12(10)14)13(15)16-3/h4-7,14H,8H2,1-3H3. The van der Waals surface area contributed by atoms with Gasteiger partial charge in [0, 0.05) is 0 Å². The predicted molar refractivity (Wildman–Crippen MR) is 62.6 cm³/mol. The van der Waals surface area contributed by atoms with Gasteiger partial charge in [0.05, 0.1) is 7.11 Å². The summed E-state index contributed by atoms with van der Waals surface area (Å²) in [6.45, 7) is 3.97. The van der Waals surface area contributed by atoms with Crippen LogP contribution in [0.4, 0.5) is 0 Å². The van der Waals surface area contributed by atoms with E-state index in [-0.39, 0.29) is 11.3 Å². The van der Waals surface area contributed by atoms with E-state index in [0.29, 0.717) is 6.42 Å². The average molecular weight is 220 g/mol. The van der Waals surface area contributed by atoms with Crippen LogP contribution in [0.1, 0.15) is 29.8 Å². The quantitative estimate of drug-likeness (QED) is 0.629. The lowest BCUT2D eigenvalue weighted by Crippen LogP contribution is -2.02. The molecule has 0 aliphatic carbocycles. The second-order valence-corrected chi connectivity index (χ2v) is 3.79. The number of benzene rings is 1. The molecule has 0 spiro atoms. The summed E-state index contributed by atoms with van der Waals surface area (Å²) >= 11 is 0. The molecule has 0 bridgehead atoms. The molecule has 0 heterocycles. The van der Waals surface area contributed by atoms with Crippen molar-refractivity contribution in [3.8, 4) is 5.75 Å². The lowest BCUT2D eigenvalue weighted by Gasteiger charge is -2.06. The Bertz CT molecular complexity index is 415. The summed E-state index contributed by atoms with van der Waals surface area (Å²) in [5.74, 6) is -0.511. The van der Waals surface area contributed by atoms with Crippen LogP contribution in [0.5, 0.6) is 5.75 Å². The molecule has 0 saturated heterocycles. The minimum absolute atomic E-state index is 0.00634. The van der Waals surface area contributed by atoms with Crippen LogP contribution in [0.2, 0.25) is 0 Å². The molecule has 0 aromatic heterocycles. The van der Waals surface area contributed by atoms with Crippen molar-refractivity contribution < 1.29 is 14.6 Å². The van der Waals surface area contributed by atoms with Crippen LogP contribution in [-0.2, 0) is 11.2 Å². The fraction of sp³-hybridized carbons (Fsp3) is 0.308. The highest BCUT2D eigenvalue weighted by Gasteiger charge is 2.13. The lowest BCUT2D eigenvalue weighted by molar-refractivity contribution is 0.0597. The first-order valence-corrected chi connectivity index (χ1v) is 5.08. The van der Waals surface area contributed by atoms with Gasteiger partial charge in [-0.05, 0) is 31.9 Å². The van der Waals surface area contributed by atoms with Crippen LogP contribution in [0.3, 0.4) is 0 Å². The summed E-state index contributed by atoms with van der Waals surface area (Å²) in [6.07, 6.45) is 2.61. The molecule has 3 heteroatoms. The third kappa shape index (κ3) is 2.86. The zero-order valence-electron chi connectivity index (χ0n) is 9.78. The highest BCUT2D eigenvalue weighted by Crippen LogP contribution is 2.24. The minimum Gasteiger partial charge on any atom is -0.507 e. The molecule has 16 heavy (non-hydrogen) atoms. The lowest BCUT2D eigenvalue weighted by atomic mass is 10.0. The number of hydrogen-bond donors (Lipinski definition) is 1. The molecule has 1 rings (SSSR count). The molecule has 1 aromatic rings. The van der Waals surface area contributed by atoms with Crippen LogP contribution >= 0.6 is 0 Å². The monoisotopic (exact) mass is 220 g/mol. The molecule has 0 aliphatic rings. The molecule has 0 fully saturated rings. The number of hydrogen-bond acceptors (Lipinski definition) is 3. The number of carbonyl (C=O) groups excluding carboxylic acids is 1. The highest BCUT2D eigenvalue weighted by atomic mass is 16.5. The van der Waals surface area contributed by atoms with Gasteiger partial charge in [0.15, 0.2) is 0 Å². The molecular formula is C13H16O3. The van der Waals surface area contributed by atoms with E-state index in [4.69, 9.17) is 0 Å². The summed E-state index contributed by atoms with van der Waals surface area (Å²) in [5, 5.41) is 9.87. The Hall–Kier alpha value is -1.77. The summed E-state index contributed by atoms with van der Waals surface area (Å²) in [7, 11) is 1.30. The summed E-state index contributed by atoms with van der Waals surface area (Å²) in [4.78, 5) is 11.3. The van der Waals surface area contributed by atoms with Crippen molar-refractivity contribution in [2.45, 2.75) is 20.3 Å². The SMILES string of the molecule is COC(=O)c1cccc(CC=C(C)C)c1O. The predicted octanol–water partition coefficient (Wildman–Crippen LogP) is 2.69. The first kappa shape index (κ1) is 12.3. The van der Waals surface area contributed by atoms with Crippen molar-refractivity contribution in [1.29, 1.82) is 0 Å². The van der Waals surface area contributed by atoms with E-state index in [0.717, 1.165) is 5.56 Å². The molecule has 1 N–H and O–H groups in total. The van der Waals surface area contributed by atoms with E-state index in [2.05, 4.69) is 4.74 Å². The fourth-order valence-corrected chi connectivity index (χ4v) is 1.34.